The summed E-state index contributed by atoms with van der Waals surface area (Å²) in [6.45, 7) is 3.14. The molecule has 3 rings (SSSR count). The number of hydrogen-bond acceptors (Lipinski definition) is 1. The number of hydrogen-bond donors (Lipinski definition) is 0. The van der Waals surface area contributed by atoms with E-state index in [1.807, 2.05) is 42.5 Å². The van der Waals surface area contributed by atoms with Crippen LogP contribution in [0.15, 0.2) is 42.5 Å². The summed E-state index contributed by atoms with van der Waals surface area (Å²) in [7, 11) is 0. The van der Waals surface area contributed by atoms with Crippen molar-refractivity contribution in [3.63, 3.8) is 0 Å². The largest absolute Gasteiger partial charge is 0.324 e. The molecule has 0 radical (unpaired) electrons. The van der Waals surface area contributed by atoms with Crippen molar-refractivity contribution in [1.82, 2.24) is 9.55 Å². The van der Waals surface area contributed by atoms with Gasteiger partial charge in [-0.2, -0.15) is 0 Å². The average Bonchev–Trinajstić information content (AvgIpc) is 2.83. The molecule has 0 unspecified atom stereocenters. The van der Waals surface area contributed by atoms with Crippen molar-refractivity contribution in [2.24, 2.45) is 0 Å². The molecule has 1 heterocycles. The zero-order valence-corrected chi connectivity index (χ0v) is 13.3. The van der Waals surface area contributed by atoms with Gasteiger partial charge in [0.05, 0.1) is 11.0 Å². The van der Waals surface area contributed by atoms with Crippen molar-refractivity contribution >= 4 is 34.2 Å². The maximum absolute atomic E-state index is 6.08. The van der Waals surface area contributed by atoms with E-state index in [9.17, 15) is 0 Å². The zero-order chi connectivity index (χ0) is 14.8. The lowest BCUT2D eigenvalue weighted by Crippen LogP contribution is -2.00. The average molecular weight is 319 g/mol. The minimum Gasteiger partial charge on any atom is -0.324 e. The van der Waals surface area contributed by atoms with Crippen LogP contribution in [0.3, 0.4) is 0 Å². The van der Waals surface area contributed by atoms with Gasteiger partial charge in [-0.15, -0.1) is 0 Å². The van der Waals surface area contributed by atoms with Crippen LogP contribution >= 0.6 is 23.2 Å². The summed E-state index contributed by atoms with van der Waals surface area (Å²) in [4.78, 5) is 4.76. The number of halogens is 2. The first-order valence-electron chi connectivity index (χ1n) is 7.11. The molecule has 0 N–H and O–H groups in total. The number of imidazole rings is 1. The Morgan fingerprint density at radius 2 is 1.71 bits per heavy atom. The van der Waals surface area contributed by atoms with Crippen molar-refractivity contribution in [3.8, 4) is 11.4 Å². The predicted molar refractivity (Wildman–Crippen MR) is 90.1 cm³/mol. The molecule has 0 saturated heterocycles. The van der Waals surface area contributed by atoms with Crippen molar-refractivity contribution in [2.75, 3.05) is 0 Å². The highest BCUT2D eigenvalue weighted by molar-refractivity contribution is 6.31. The number of benzene rings is 2. The summed E-state index contributed by atoms with van der Waals surface area (Å²) < 4.78 is 2.26. The molecule has 0 fully saturated rings. The van der Waals surface area contributed by atoms with E-state index in [-0.39, 0.29) is 0 Å². The summed E-state index contributed by atoms with van der Waals surface area (Å²) in [6, 6.07) is 13.7. The molecule has 3 aromatic rings. The van der Waals surface area contributed by atoms with Crippen molar-refractivity contribution < 1.29 is 0 Å². The third kappa shape index (κ3) is 2.92. The lowest BCUT2D eigenvalue weighted by Gasteiger charge is -2.08. The Hall–Kier alpha value is -1.51. The third-order valence-corrected chi connectivity index (χ3v) is 4.04. The molecule has 0 aliphatic carbocycles. The van der Waals surface area contributed by atoms with E-state index in [2.05, 4.69) is 11.5 Å². The van der Waals surface area contributed by atoms with Crippen molar-refractivity contribution in [1.29, 1.82) is 0 Å². The van der Waals surface area contributed by atoms with E-state index in [0.717, 1.165) is 46.8 Å². The standard InChI is InChI=1S/C17H16Cl2N2/c1-2-3-10-21-16-9-8-14(19)11-15(16)20-17(21)12-4-6-13(18)7-5-12/h4-9,11H,2-3,10H2,1H3. The first-order chi connectivity index (χ1) is 10.2. The second kappa shape index (κ2) is 6.08. The number of nitrogens with zero attached hydrogens (tertiary/aromatic N) is 2. The first-order valence-corrected chi connectivity index (χ1v) is 7.86. The minimum absolute atomic E-state index is 0.713. The predicted octanol–water partition coefficient (Wildman–Crippen LogP) is 5.81. The second-order valence-electron chi connectivity index (χ2n) is 5.08. The molecule has 0 aliphatic heterocycles. The van der Waals surface area contributed by atoms with Gasteiger partial charge in [-0.05, 0) is 48.9 Å². The number of aryl methyl sites for hydroxylation is 1. The third-order valence-electron chi connectivity index (χ3n) is 3.55. The van der Waals surface area contributed by atoms with Gasteiger partial charge >= 0.3 is 0 Å². The quantitative estimate of drug-likeness (QED) is 0.593. The van der Waals surface area contributed by atoms with Gasteiger partial charge in [0.25, 0.3) is 0 Å². The van der Waals surface area contributed by atoms with E-state index < -0.39 is 0 Å². The highest BCUT2D eigenvalue weighted by atomic mass is 35.5. The number of rotatable bonds is 4. The molecule has 108 valence electrons. The van der Waals surface area contributed by atoms with Gasteiger partial charge in [-0.1, -0.05) is 36.5 Å². The highest BCUT2D eigenvalue weighted by Gasteiger charge is 2.12. The fraction of sp³-hybridized carbons (Fsp3) is 0.235. The van der Waals surface area contributed by atoms with Gasteiger partial charge < -0.3 is 4.57 Å². The number of unbranched alkanes of at least 4 members (excludes halogenated alkanes) is 1. The van der Waals surface area contributed by atoms with Crippen molar-refractivity contribution in [2.45, 2.75) is 26.3 Å². The van der Waals surface area contributed by atoms with Crippen molar-refractivity contribution in [3.05, 3.63) is 52.5 Å². The molecule has 0 saturated carbocycles. The Bertz CT molecular complexity index is 760. The normalized spacial score (nSPS) is 11.2. The zero-order valence-electron chi connectivity index (χ0n) is 11.8. The molecule has 0 amide bonds. The molecule has 1 aromatic heterocycles. The van der Waals surface area contributed by atoms with Crippen LogP contribution < -0.4 is 0 Å². The Labute approximate surface area is 134 Å². The highest BCUT2D eigenvalue weighted by Crippen LogP contribution is 2.28. The summed E-state index contributed by atoms with van der Waals surface area (Å²) in [6.07, 6.45) is 2.27. The minimum atomic E-state index is 0.713. The Kier molecular flexibility index (Phi) is 4.18. The van der Waals surface area contributed by atoms with Crippen LogP contribution in [0.4, 0.5) is 0 Å². The SMILES string of the molecule is CCCCn1c(-c2ccc(Cl)cc2)nc2cc(Cl)ccc21. The summed E-state index contributed by atoms with van der Waals surface area (Å²) >= 11 is 12.1. The molecule has 0 spiro atoms. The van der Waals surface area contributed by atoms with Crippen LogP contribution in [0.25, 0.3) is 22.4 Å². The maximum Gasteiger partial charge on any atom is 0.141 e. The van der Waals surface area contributed by atoms with Crippen LogP contribution in [-0.2, 0) is 6.54 Å². The molecule has 0 aliphatic rings. The van der Waals surface area contributed by atoms with Crippen LogP contribution in [0.1, 0.15) is 19.8 Å². The van der Waals surface area contributed by atoms with Crippen LogP contribution in [-0.4, -0.2) is 9.55 Å². The second-order valence-corrected chi connectivity index (χ2v) is 5.95. The molecular formula is C17H16Cl2N2. The fourth-order valence-electron chi connectivity index (χ4n) is 2.46. The Balaban J connectivity index is 2.17. The van der Waals surface area contributed by atoms with E-state index in [0.29, 0.717) is 5.02 Å². The van der Waals surface area contributed by atoms with Gasteiger partial charge in [-0.25, -0.2) is 4.98 Å². The van der Waals surface area contributed by atoms with Gasteiger partial charge in [0, 0.05) is 22.2 Å². The molecule has 0 bridgehead atoms. The van der Waals surface area contributed by atoms with Crippen LogP contribution in [0.5, 0.6) is 0 Å². The summed E-state index contributed by atoms with van der Waals surface area (Å²) in [5, 5.41) is 1.45. The van der Waals surface area contributed by atoms with Gasteiger partial charge in [0.1, 0.15) is 5.82 Å². The molecular weight excluding hydrogens is 303 g/mol. The molecule has 21 heavy (non-hydrogen) atoms. The first kappa shape index (κ1) is 14.4. The Morgan fingerprint density at radius 3 is 2.43 bits per heavy atom. The smallest absolute Gasteiger partial charge is 0.141 e. The van der Waals surface area contributed by atoms with Gasteiger partial charge in [-0.3, -0.25) is 0 Å². The van der Waals surface area contributed by atoms with Gasteiger partial charge in [0.2, 0.25) is 0 Å². The van der Waals surface area contributed by atoms with Crippen LogP contribution in [0.2, 0.25) is 10.0 Å². The number of fused-ring (bicyclic) bond motifs is 1. The number of aromatic nitrogens is 2. The maximum atomic E-state index is 6.08. The fourth-order valence-corrected chi connectivity index (χ4v) is 2.76. The Morgan fingerprint density at radius 1 is 1.00 bits per heavy atom. The molecule has 2 aromatic carbocycles. The van der Waals surface area contributed by atoms with Gasteiger partial charge in [0.15, 0.2) is 0 Å². The molecule has 0 atom stereocenters. The van der Waals surface area contributed by atoms with E-state index in [1.165, 1.54) is 0 Å². The van der Waals surface area contributed by atoms with E-state index >= 15 is 0 Å². The lowest BCUT2D eigenvalue weighted by molar-refractivity contribution is 0.651. The van der Waals surface area contributed by atoms with Crippen LogP contribution in [0, 0.1) is 0 Å². The van der Waals surface area contributed by atoms with E-state index in [1.54, 1.807) is 0 Å². The summed E-state index contributed by atoms with van der Waals surface area (Å²) in [5.74, 6) is 0.970. The van der Waals surface area contributed by atoms with E-state index in [4.69, 9.17) is 28.2 Å². The molecule has 2 nitrogen and oxygen atoms in total. The lowest BCUT2D eigenvalue weighted by atomic mass is 10.2. The summed E-state index contributed by atoms with van der Waals surface area (Å²) in [5.41, 5.74) is 3.13. The topological polar surface area (TPSA) is 17.8 Å². The molecule has 4 heteroatoms. The monoisotopic (exact) mass is 318 g/mol.